The van der Waals surface area contributed by atoms with Gasteiger partial charge in [0.2, 0.25) is 0 Å². The minimum atomic E-state index is 0. The van der Waals surface area contributed by atoms with Crippen LogP contribution in [0.1, 0.15) is 6.99 Å². The average molecular weight is 148 g/mol. The Kier molecular flexibility index (Phi) is 4.67. The van der Waals surface area contributed by atoms with E-state index in [-0.39, 0.29) is 31.0 Å². The number of benzene rings is 1. The Morgan fingerprint density at radius 1 is 1.22 bits per heavy atom. The van der Waals surface area contributed by atoms with Gasteiger partial charge < -0.3 is 1.43 Å². The van der Waals surface area contributed by atoms with Gasteiger partial charge in [-0.05, 0) is 19.1 Å². The third-order valence-electron chi connectivity index (χ3n) is 1.03. The topological polar surface area (TPSA) is 0 Å². The summed E-state index contributed by atoms with van der Waals surface area (Å²) in [6, 6.07) is 8.06. The summed E-state index contributed by atoms with van der Waals surface area (Å²) in [5, 5.41) is 0. The fourth-order valence-corrected chi connectivity index (χ4v) is 0.694. The zero-order valence-corrected chi connectivity index (χ0v) is 8.65. The predicted molar refractivity (Wildman–Crippen MR) is 39.5 cm³/mol. The normalized spacial score (nSPS) is 8.22. The first-order valence-electron chi connectivity index (χ1n) is 2.54. The van der Waals surface area contributed by atoms with Gasteiger partial charge in [-0.3, -0.25) is 0 Å². The van der Waals surface area contributed by atoms with Crippen molar-refractivity contribution < 1.29 is 31.0 Å². The molecule has 2 heteroatoms. The summed E-state index contributed by atoms with van der Waals surface area (Å²) in [6.07, 6.45) is 0. The van der Waals surface area contributed by atoms with Crippen LogP contribution in [0.2, 0.25) is 0 Å². The van der Waals surface area contributed by atoms with E-state index in [1.807, 2.05) is 24.3 Å². The van der Waals surface area contributed by atoms with Crippen LogP contribution in [-0.2, 0) is 0 Å². The maximum atomic E-state index is 4.13. The smallest absolute Gasteiger partial charge is 1.00 e. The zero-order valence-electron chi connectivity index (χ0n) is 6.76. The van der Waals surface area contributed by atoms with Crippen molar-refractivity contribution in [3.63, 3.8) is 0 Å². The molecule has 44 valence electrons. The van der Waals surface area contributed by atoms with E-state index in [9.17, 15) is 0 Å². The molecule has 0 spiro atoms. The Morgan fingerprint density at radius 3 is 2.00 bits per heavy atom. The third-order valence-corrected chi connectivity index (χ3v) is 1.33. The maximum Gasteiger partial charge on any atom is 1.00 e. The molecule has 0 unspecified atom stereocenters. The van der Waals surface area contributed by atoms with E-state index in [0.717, 1.165) is 4.90 Å². The molecule has 0 fully saturated rings. The number of thiol groups is 1. The average Bonchev–Trinajstić information content (AvgIpc) is 1.77. The van der Waals surface area contributed by atoms with Crippen molar-refractivity contribution in [1.29, 1.82) is 0 Å². The first-order valence-corrected chi connectivity index (χ1v) is 2.99. The Labute approximate surface area is 84.8 Å². The summed E-state index contributed by atoms with van der Waals surface area (Å²) in [7, 11) is 0. The van der Waals surface area contributed by atoms with Crippen molar-refractivity contribution >= 4 is 12.6 Å². The molecule has 0 heterocycles. The van der Waals surface area contributed by atoms with Gasteiger partial charge in [0.05, 0.1) is 0 Å². The van der Waals surface area contributed by atoms with Gasteiger partial charge in [-0.2, -0.15) is 0 Å². The van der Waals surface area contributed by atoms with Crippen LogP contribution in [-0.4, -0.2) is 0 Å². The van der Waals surface area contributed by atoms with Crippen LogP contribution >= 0.6 is 12.6 Å². The molecule has 1 rings (SSSR count). The summed E-state index contributed by atoms with van der Waals surface area (Å²) in [4.78, 5) is 1.02. The summed E-state index contributed by atoms with van der Waals surface area (Å²) >= 11 is 4.13. The van der Waals surface area contributed by atoms with E-state index in [0.29, 0.717) is 0 Å². The van der Waals surface area contributed by atoms with Crippen LogP contribution in [0.25, 0.3) is 0 Å². The van der Waals surface area contributed by atoms with Crippen molar-refractivity contribution in [3.8, 4) is 0 Å². The van der Waals surface area contributed by atoms with Gasteiger partial charge in [0.15, 0.2) is 0 Å². The van der Waals surface area contributed by atoms with Crippen molar-refractivity contribution in [2.75, 3.05) is 0 Å². The molecule has 0 aliphatic rings. The van der Waals surface area contributed by atoms with Crippen LogP contribution in [0.4, 0.5) is 0 Å². The molecule has 9 heavy (non-hydrogen) atoms. The molecule has 0 aromatic heterocycles. The van der Waals surface area contributed by atoms with Crippen LogP contribution < -0.4 is 29.6 Å². The van der Waals surface area contributed by atoms with E-state index in [1.54, 1.807) is 0 Å². The van der Waals surface area contributed by atoms with Gasteiger partial charge in [-0.25, -0.2) is 0 Å². The van der Waals surface area contributed by atoms with Crippen molar-refractivity contribution in [2.45, 2.75) is 11.8 Å². The summed E-state index contributed by atoms with van der Waals surface area (Å²) < 4.78 is 0. The van der Waals surface area contributed by atoms with E-state index in [4.69, 9.17) is 0 Å². The van der Waals surface area contributed by atoms with Crippen LogP contribution in [0.3, 0.4) is 0 Å². The van der Waals surface area contributed by atoms with Gasteiger partial charge in [-0.1, -0.05) is 17.7 Å². The monoisotopic (exact) mass is 148 g/mol. The van der Waals surface area contributed by atoms with Gasteiger partial charge in [-0.15, -0.1) is 12.6 Å². The summed E-state index contributed by atoms with van der Waals surface area (Å²) in [6.45, 7) is 2.06. The number of hydrogen-bond donors (Lipinski definition) is 1. The molecule has 0 aliphatic heterocycles. The fraction of sp³-hybridized carbons (Fsp3) is 0.143. The second-order valence-electron chi connectivity index (χ2n) is 1.84. The minimum Gasteiger partial charge on any atom is -1.00 e. The molecule has 0 saturated carbocycles. The molecular weight excluding hydrogens is 139 g/mol. The van der Waals surface area contributed by atoms with E-state index in [1.165, 1.54) is 5.56 Å². The second-order valence-corrected chi connectivity index (χ2v) is 2.35. The summed E-state index contributed by atoms with van der Waals surface area (Å²) in [5.74, 6) is 0. The van der Waals surface area contributed by atoms with Crippen LogP contribution in [0.5, 0.6) is 0 Å². The van der Waals surface area contributed by atoms with Gasteiger partial charge in [0.1, 0.15) is 0 Å². The number of rotatable bonds is 0. The second kappa shape index (κ2) is 4.40. The molecule has 0 saturated heterocycles. The van der Waals surface area contributed by atoms with Gasteiger partial charge in [0.25, 0.3) is 0 Å². The molecule has 0 radical (unpaired) electrons. The molecule has 1 aromatic rings. The Bertz CT molecular complexity index is 152. The van der Waals surface area contributed by atoms with Crippen molar-refractivity contribution in [2.24, 2.45) is 0 Å². The quantitative estimate of drug-likeness (QED) is 0.368. The molecule has 0 aliphatic carbocycles. The Balaban J connectivity index is 0. The molecule has 1 aromatic carbocycles. The number of aryl methyl sites for hydroxylation is 1. The molecule has 0 bridgehead atoms. The zero-order chi connectivity index (χ0) is 5.98. The molecular formula is C7H9NaS. The van der Waals surface area contributed by atoms with E-state index < -0.39 is 0 Å². The van der Waals surface area contributed by atoms with Crippen LogP contribution in [0.15, 0.2) is 29.2 Å². The predicted octanol–water partition coefficient (Wildman–Crippen LogP) is -0.600. The fourth-order valence-electron chi connectivity index (χ4n) is 0.545. The summed E-state index contributed by atoms with van der Waals surface area (Å²) in [5.41, 5.74) is 1.28. The van der Waals surface area contributed by atoms with Crippen molar-refractivity contribution in [3.05, 3.63) is 29.8 Å². The van der Waals surface area contributed by atoms with Gasteiger partial charge in [0, 0.05) is 4.90 Å². The number of hydrogen-bond acceptors (Lipinski definition) is 1. The molecule has 0 atom stereocenters. The SMILES string of the molecule is Cc1ccc(S)cc1.[H-].[Na+]. The molecule has 0 N–H and O–H groups in total. The van der Waals surface area contributed by atoms with Crippen LogP contribution in [0, 0.1) is 6.92 Å². The van der Waals surface area contributed by atoms with E-state index in [2.05, 4.69) is 19.6 Å². The minimum absolute atomic E-state index is 0. The third kappa shape index (κ3) is 3.31. The Morgan fingerprint density at radius 2 is 1.67 bits per heavy atom. The van der Waals surface area contributed by atoms with Gasteiger partial charge >= 0.3 is 29.6 Å². The Hall–Kier alpha value is 0.570. The molecule has 0 nitrogen and oxygen atoms in total. The standard InChI is InChI=1S/C7H8S.Na.H/c1-6-2-4-7(8)5-3-6;;/h2-5,8H,1H3;;/q;+1;-1. The molecule has 0 amide bonds. The largest absolute Gasteiger partial charge is 1.00 e. The maximum absolute atomic E-state index is 4.13. The first kappa shape index (κ1) is 9.57. The van der Waals surface area contributed by atoms with E-state index >= 15 is 0 Å². The first-order chi connectivity index (χ1) is 3.79. The van der Waals surface area contributed by atoms with Crippen molar-refractivity contribution in [1.82, 2.24) is 0 Å².